The molecule has 1 aliphatic rings. The molecular formula is C10H6O6S2. The van der Waals surface area contributed by atoms with E-state index in [0.717, 1.165) is 6.07 Å². The fourth-order valence-corrected chi connectivity index (χ4v) is 3.84. The van der Waals surface area contributed by atoms with E-state index in [0.29, 0.717) is 0 Å². The Morgan fingerprint density at radius 2 is 1.83 bits per heavy atom. The van der Waals surface area contributed by atoms with Gasteiger partial charge in [0, 0.05) is 10.8 Å². The molecule has 1 N–H and O–H groups in total. The molecule has 2 aromatic carbocycles. The first-order valence-corrected chi connectivity index (χ1v) is 7.63. The zero-order valence-corrected chi connectivity index (χ0v) is 10.3. The van der Waals surface area contributed by atoms with Crippen LogP contribution in [0.5, 0.6) is 5.75 Å². The lowest BCUT2D eigenvalue weighted by atomic mass is 10.1. The molecule has 0 aromatic heterocycles. The van der Waals surface area contributed by atoms with Crippen molar-refractivity contribution in [3.8, 4) is 5.75 Å². The first-order valence-electron chi connectivity index (χ1n) is 4.78. The second kappa shape index (κ2) is 3.22. The Morgan fingerprint density at radius 3 is 2.50 bits per heavy atom. The van der Waals surface area contributed by atoms with Crippen LogP contribution in [-0.4, -0.2) is 21.4 Å². The smallest absolute Gasteiger partial charge is 0.340 e. The summed E-state index contributed by atoms with van der Waals surface area (Å²) in [6, 6.07) is 6.44. The predicted molar refractivity (Wildman–Crippen MR) is 61.6 cm³/mol. The molecule has 0 unspecified atom stereocenters. The fourth-order valence-electron chi connectivity index (χ4n) is 1.98. The van der Waals surface area contributed by atoms with Crippen molar-refractivity contribution in [1.29, 1.82) is 0 Å². The molecule has 0 bridgehead atoms. The number of rotatable bonds is 1. The average molecular weight is 286 g/mol. The number of hydrogen-bond donors (Lipinski definition) is 1. The predicted octanol–water partition coefficient (Wildman–Crippen LogP) is 1.17. The van der Waals surface area contributed by atoms with Gasteiger partial charge in [-0.25, -0.2) is 0 Å². The molecule has 8 heteroatoms. The molecule has 1 heterocycles. The van der Waals surface area contributed by atoms with Crippen molar-refractivity contribution in [2.24, 2.45) is 0 Å². The molecular weight excluding hydrogens is 280 g/mol. The van der Waals surface area contributed by atoms with E-state index in [2.05, 4.69) is 0 Å². The number of hydrogen-bond acceptors (Lipinski definition) is 5. The third-order valence-electron chi connectivity index (χ3n) is 2.67. The van der Waals surface area contributed by atoms with Gasteiger partial charge in [0.25, 0.3) is 10.1 Å². The van der Waals surface area contributed by atoms with Crippen LogP contribution < -0.4 is 4.18 Å². The topological polar surface area (TPSA) is 97.7 Å². The molecule has 0 atom stereocenters. The van der Waals surface area contributed by atoms with Gasteiger partial charge in [0.05, 0.1) is 0 Å². The van der Waals surface area contributed by atoms with Gasteiger partial charge in [-0.15, -0.1) is 0 Å². The van der Waals surface area contributed by atoms with Gasteiger partial charge in [-0.05, 0) is 18.2 Å². The Balaban J connectivity index is 2.58. The van der Waals surface area contributed by atoms with E-state index in [1.807, 2.05) is 0 Å². The summed E-state index contributed by atoms with van der Waals surface area (Å²) >= 11 is 0. The summed E-state index contributed by atoms with van der Waals surface area (Å²) in [5.41, 5.74) is 0. The maximum atomic E-state index is 11.7. The molecule has 1 aliphatic heterocycles. The largest absolute Gasteiger partial charge is 0.378 e. The van der Waals surface area contributed by atoms with Crippen molar-refractivity contribution < 1.29 is 25.6 Å². The van der Waals surface area contributed by atoms with Crippen LogP contribution in [0.15, 0.2) is 40.1 Å². The summed E-state index contributed by atoms with van der Waals surface area (Å²) in [7, 11) is -8.32. The van der Waals surface area contributed by atoms with Gasteiger partial charge in [-0.1, -0.05) is 12.1 Å². The van der Waals surface area contributed by atoms with E-state index < -0.39 is 20.2 Å². The fraction of sp³-hybridized carbons (Fsp3) is 0. The summed E-state index contributed by atoms with van der Waals surface area (Å²) in [5, 5.41) is 0.293. The third kappa shape index (κ3) is 1.43. The Morgan fingerprint density at radius 1 is 1.11 bits per heavy atom. The molecule has 3 rings (SSSR count). The molecule has 18 heavy (non-hydrogen) atoms. The average Bonchev–Trinajstić information content (AvgIpc) is 2.51. The summed E-state index contributed by atoms with van der Waals surface area (Å²) in [6.07, 6.45) is 0. The zero-order valence-electron chi connectivity index (χ0n) is 8.69. The van der Waals surface area contributed by atoms with Crippen molar-refractivity contribution in [3.05, 3.63) is 30.3 Å². The Labute approximate surface area is 103 Å². The summed E-state index contributed by atoms with van der Waals surface area (Å²) in [5.74, 6) is 0.0630. The van der Waals surface area contributed by atoms with Crippen molar-refractivity contribution in [1.82, 2.24) is 0 Å². The van der Waals surface area contributed by atoms with Crippen LogP contribution in [0.1, 0.15) is 0 Å². The van der Waals surface area contributed by atoms with Gasteiger partial charge in [-0.2, -0.15) is 16.8 Å². The lowest BCUT2D eigenvalue weighted by molar-refractivity contribution is 0.484. The van der Waals surface area contributed by atoms with Crippen LogP contribution >= 0.6 is 0 Å². The monoisotopic (exact) mass is 286 g/mol. The molecule has 0 saturated heterocycles. The van der Waals surface area contributed by atoms with Gasteiger partial charge < -0.3 is 4.18 Å². The molecule has 0 spiro atoms. The second-order valence-corrected chi connectivity index (χ2v) is 6.66. The first-order chi connectivity index (χ1) is 8.31. The quantitative estimate of drug-likeness (QED) is 0.624. The maximum Gasteiger partial charge on any atom is 0.340 e. The van der Waals surface area contributed by atoms with E-state index >= 15 is 0 Å². The molecule has 2 aromatic rings. The highest BCUT2D eigenvalue weighted by molar-refractivity contribution is 7.87. The number of benzene rings is 2. The van der Waals surface area contributed by atoms with Gasteiger partial charge in [0.15, 0.2) is 5.75 Å². The highest BCUT2D eigenvalue weighted by Crippen LogP contribution is 2.41. The van der Waals surface area contributed by atoms with Gasteiger partial charge >= 0.3 is 10.1 Å². The SMILES string of the molecule is O=S(=O)(O)c1ccc2c3c(cccc13)S(=O)(=O)O2. The van der Waals surface area contributed by atoms with Crippen LogP contribution in [0.3, 0.4) is 0 Å². The summed E-state index contributed by atoms with van der Waals surface area (Å²) < 4.78 is 59.6. The van der Waals surface area contributed by atoms with E-state index in [4.69, 9.17) is 8.74 Å². The van der Waals surface area contributed by atoms with Crippen LogP contribution in [-0.2, 0) is 20.2 Å². The van der Waals surface area contributed by atoms with E-state index in [-0.39, 0.29) is 26.3 Å². The normalized spacial score (nSPS) is 16.7. The van der Waals surface area contributed by atoms with Gasteiger partial charge in [-0.3, -0.25) is 4.55 Å². The van der Waals surface area contributed by atoms with Crippen LogP contribution in [0, 0.1) is 0 Å². The third-order valence-corrected chi connectivity index (χ3v) is 4.86. The zero-order chi connectivity index (χ0) is 13.1. The van der Waals surface area contributed by atoms with Crippen LogP contribution in [0.25, 0.3) is 10.8 Å². The van der Waals surface area contributed by atoms with Crippen molar-refractivity contribution in [3.63, 3.8) is 0 Å². The molecule has 0 aliphatic carbocycles. The molecule has 0 radical (unpaired) electrons. The highest BCUT2D eigenvalue weighted by Gasteiger charge is 2.31. The van der Waals surface area contributed by atoms with E-state index in [1.54, 1.807) is 0 Å². The molecule has 0 amide bonds. The Kier molecular flexibility index (Phi) is 2.05. The van der Waals surface area contributed by atoms with Crippen molar-refractivity contribution in [2.75, 3.05) is 0 Å². The van der Waals surface area contributed by atoms with E-state index in [9.17, 15) is 16.8 Å². The molecule has 6 nitrogen and oxygen atoms in total. The minimum atomic E-state index is -4.42. The van der Waals surface area contributed by atoms with Crippen molar-refractivity contribution in [2.45, 2.75) is 9.79 Å². The lowest BCUT2D eigenvalue weighted by Crippen LogP contribution is -2.02. The molecule has 94 valence electrons. The van der Waals surface area contributed by atoms with Crippen molar-refractivity contribution >= 4 is 31.0 Å². The minimum absolute atomic E-state index is 0.0630. The molecule has 0 fully saturated rings. The highest BCUT2D eigenvalue weighted by atomic mass is 32.2. The van der Waals surface area contributed by atoms with Crippen LogP contribution in [0.2, 0.25) is 0 Å². The maximum absolute atomic E-state index is 11.7. The molecule has 0 saturated carbocycles. The minimum Gasteiger partial charge on any atom is -0.378 e. The van der Waals surface area contributed by atoms with Crippen LogP contribution in [0.4, 0.5) is 0 Å². The van der Waals surface area contributed by atoms with Gasteiger partial charge in [0.2, 0.25) is 0 Å². The standard InChI is InChI=1S/C10H6O6S2/c11-17(12,13)8-5-4-7-10-6(8)2-1-3-9(10)18(14,15)16-7/h1-5H,(H,11,12,13). The second-order valence-electron chi connectivity index (χ2n) is 3.75. The van der Waals surface area contributed by atoms with E-state index in [1.165, 1.54) is 24.3 Å². The summed E-state index contributed by atoms with van der Waals surface area (Å²) in [4.78, 5) is -0.440. The summed E-state index contributed by atoms with van der Waals surface area (Å²) in [6.45, 7) is 0. The first kappa shape index (κ1) is 11.5. The Hall–Kier alpha value is -1.64. The van der Waals surface area contributed by atoms with Gasteiger partial charge in [0.1, 0.15) is 9.79 Å². The Bertz CT molecular complexity index is 880. The lowest BCUT2D eigenvalue weighted by Gasteiger charge is -2.03.